The highest BCUT2D eigenvalue weighted by atomic mass is 16.5. The summed E-state index contributed by atoms with van der Waals surface area (Å²) in [6, 6.07) is 9.28. The van der Waals surface area contributed by atoms with Crippen molar-refractivity contribution in [2.75, 3.05) is 6.54 Å². The highest BCUT2D eigenvalue weighted by molar-refractivity contribution is 5.27. The van der Waals surface area contributed by atoms with Crippen molar-refractivity contribution in [3.63, 3.8) is 0 Å². The first-order chi connectivity index (χ1) is 9.28. The van der Waals surface area contributed by atoms with Crippen LogP contribution in [0.15, 0.2) is 24.3 Å². The Balaban J connectivity index is 1.77. The fourth-order valence-electron chi connectivity index (χ4n) is 2.77. The summed E-state index contributed by atoms with van der Waals surface area (Å²) < 4.78 is 5.98. The Hall–Kier alpha value is -1.02. The molecule has 0 spiro atoms. The molecular formula is C17H27NO. The van der Waals surface area contributed by atoms with Crippen LogP contribution in [0, 0.1) is 0 Å². The summed E-state index contributed by atoms with van der Waals surface area (Å²) in [5.74, 6) is 1.04. The molecule has 19 heavy (non-hydrogen) atoms. The van der Waals surface area contributed by atoms with Crippen LogP contribution in [0.5, 0.6) is 5.75 Å². The van der Waals surface area contributed by atoms with Crippen LogP contribution in [-0.4, -0.2) is 18.7 Å². The van der Waals surface area contributed by atoms with Crippen LogP contribution in [0.3, 0.4) is 0 Å². The number of rotatable bonds is 7. The lowest BCUT2D eigenvalue weighted by Gasteiger charge is -2.14. The van der Waals surface area contributed by atoms with E-state index in [0.29, 0.717) is 12.1 Å². The van der Waals surface area contributed by atoms with E-state index in [2.05, 4.69) is 43.4 Å². The molecule has 1 aliphatic rings. The van der Waals surface area contributed by atoms with Gasteiger partial charge < -0.3 is 10.1 Å². The van der Waals surface area contributed by atoms with Crippen molar-refractivity contribution < 1.29 is 4.74 Å². The summed E-state index contributed by atoms with van der Waals surface area (Å²) in [5.41, 5.74) is 1.41. The first kappa shape index (κ1) is 14.4. The first-order valence-electron chi connectivity index (χ1n) is 7.77. The molecule has 1 aromatic rings. The van der Waals surface area contributed by atoms with Gasteiger partial charge in [-0.05, 0) is 69.7 Å². The van der Waals surface area contributed by atoms with Crippen molar-refractivity contribution in [1.29, 1.82) is 0 Å². The van der Waals surface area contributed by atoms with Crippen molar-refractivity contribution in [3.05, 3.63) is 29.8 Å². The molecule has 0 aromatic heterocycles. The molecule has 1 N–H and O–H groups in total. The second kappa shape index (κ2) is 7.54. The lowest BCUT2D eigenvalue weighted by molar-refractivity contribution is 0.210. The van der Waals surface area contributed by atoms with Crippen molar-refractivity contribution >= 4 is 0 Å². The van der Waals surface area contributed by atoms with E-state index in [1.165, 1.54) is 37.7 Å². The summed E-state index contributed by atoms with van der Waals surface area (Å²) in [7, 11) is 0. The lowest BCUT2D eigenvalue weighted by atomic mass is 10.1. The molecule has 1 unspecified atom stereocenters. The Morgan fingerprint density at radius 2 is 1.89 bits per heavy atom. The molecule has 2 nitrogen and oxygen atoms in total. The van der Waals surface area contributed by atoms with Gasteiger partial charge in [0.25, 0.3) is 0 Å². The van der Waals surface area contributed by atoms with Gasteiger partial charge in [-0.1, -0.05) is 19.1 Å². The SMILES string of the molecule is CCNC(C)CCc1ccc(OC2CCCC2)cc1. The summed E-state index contributed by atoms with van der Waals surface area (Å²) in [6.45, 7) is 5.46. The highest BCUT2D eigenvalue weighted by Crippen LogP contribution is 2.24. The number of hydrogen-bond acceptors (Lipinski definition) is 2. The third-order valence-electron chi connectivity index (χ3n) is 3.95. The summed E-state index contributed by atoms with van der Waals surface area (Å²) in [4.78, 5) is 0. The van der Waals surface area contributed by atoms with Gasteiger partial charge in [-0.15, -0.1) is 0 Å². The molecule has 1 aliphatic carbocycles. The standard InChI is InChI=1S/C17H27NO/c1-3-18-14(2)8-9-15-10-12-17(13-11-15)19-16-6-4-5-7-16/h10-14,16,18H,3-9H2,1-2H3. The zero-order valence-electron chi connectivity index (χ0n) is 12.3. The highest BCUT2D eigenvalue weighted by Gasteiger charge is 2.16. The normalized spacial score (nSPS) is 17.6. The Kier molecular flexibility index (Phi) is 5.71. The monoisotopic (exact) mass is 261 g/mol. The molecular weight excluding hydrogens is 234 g/mol. The molecule has 1 atom stereocenters. The van der Waals surface area contributed by atoms with Crippen LogP contribution in [0.1, 0.15) is 51.5 Å². The van der Waals surface area contributed by atoms with Gasteiger partial charge in [0.05, 0.1) is 6.10 Å². The second-order valence-electron chi connectivity index (χ2n) is 5.67. The van der Waals surface area contributed by atoms with Crippen LogP contribution >= 0.6 is 0 Å². The number of nitrogens with one attached hydrogen (secondary N) is 1. The first-order valence-corrected chi connectivity index (χ1v) is 7.77. The van der Waals surface area contributed by atoms with Crippen molar-refractivity contribution in [2.24, 2.45) is 0 Å². The van der Waals surface area contributed by atoms with Gasteiger partial charge in [-0.25, -0.2) is 0 Å². The van der Waals surface area contributed by atoms with Gasteiger partial charge in [0.15, 0.2) is 0 Å². The third kappa shape index (κ3) is 4.87. The average Bonchev–Trinajstić information content (AvgIpc) is 2.91. The van der Waals surface area contributed by atoms with Gasteiger partial charge in [-0.3, -0.25) is 0 Å². The predicted octanol–water partition coefficient (Wildman–Crippen LogP) is 3.94. The Bertz CT molecular complexity index is 354. The van der Waals surface area contributed by atoms with Crippen LogP contribution < -0.4 is 10.1 Å². The largest absolute Gasteiger partial charge is 0.490 e. The molecule has 106 valence electrons. The zero-order chi connectivity index (χ0) is 13.5. The van der Waals surface area contributed by atoms with Crippen molar-refractivity contribution in [1.82, 2.24) is 5.32 Å². The van der Waals surface area contributed by atoms with Gasteiger partial charge in [-0.2, -0.15) is 0 Å². The Morgan fingerprint density at radius 1 is 1.21 bits per heavy atom. The molecule has 0 radical (unpaired) electrons. The number of ether oxygens (including phenoxy) is 1. The predicted molar refractivity (Wildman–Crippen MR) is 80.8 cm³/mol. The number of hydrogen-bond donors (Lipinski definition) is 1. The second-order valence-corrected chi connectivity index (χ2v) is 5.67. The Morgan fingerprint density at radius 3 is 2.53 bits per heavy atom. The fourth-order valence-corrected chi connectivity index (χ4v) is 2.77. The molecule has 0 amide bonds. The topological polar surface area (TPSA) is 21.3 Å². The molecule has 1 aromatic carbocycles. The van der Waals surface area contributed by atoms with E-state index in [-0.39, 0.29) is 0 Å². The maximum absolute atomic E-state index is 5.98. The average molecular weight is 261 g/mol. The third-order valence-corrected chi connectivity index (χ3v) is 3.95. The van der Waals surface area contributed by atoms with E-state index in [1.807, 2.05) is 0 Å². The Labute approximate surface area is 117 Å². The van der Waals surface area contributed by atoms with E-state index >= 15 is 0 Å². The molecule has 1 fully saturated rings. The molecule has 0 bridgehead atoms. The van der Waals surface area contributed by atoms with Gasteiger partial charge in [0, 0.05) is 6.04 Å². The van der Waals surface area contributed by atoms with Crippen LogP contribution in [0.4, 0.5) is 0 Å². The maximum atomic E-state index is 5.98. The van der Waals surface area contributed by atoms with E-state index < -0.39 is 0 Å². The van der Waals surface area contributed by atoms with Gasteiger partial charge >= 0.3 is 0 Å². The molecule has 1 saturated carbocycles. The van der Waals surface area contributed by atoms with E-state index in [1.54, 1.807) is 0 Å². The zero-order valence-corrected chi connectivity index (χ0v) is 12.3. The smallest absolute Gasteiger partial charge is 0.119 e. The molecule has 2 heteroatoms. The van der Waals surface area contributed by atoms with Crippen LogP contribution in [0.25, 0.3) is 0 Å². The maximum Gasteiger partial charge on any atom is 0.119 e. The minimum Gasteiger partial charge on any atom is -0.490 e. The summed E-state index contributed by atoms with van der Waals surface area (Å²) in [6.07, 6.45) is 7.88. The van der Waals surface area contributed by atoms with Crippen molar-refractivity contribution in [2.45, 2.75) is 64.5 Å². The quantitative estimate of drug-likeness (QED) is 0.802. The number of benzene rings is 1. The van der Waals surface area contributed by atoms with Crippen LogP contribution in [-0.2, 0) is 6.42 Å². The van der Waals surface area contributed by atoms with Gasteiger partial charge in [0.1, 0.15) is 5.75 Å². The minimum absolute atomic E-state index is 0.458. The molecule has 0 saturated heterocycles. The number of aryl methyl sites for hydroxylation is 1. The molecule has 2 rings (SSSR count). The van der Waals surface area contributed by atoms with Gasteiger partial charge in [0.2, 0.25) is 0 Å². The summed E-state index contributed by atoms with van der Waals surface area (Å²) >= 11 is 0. The van der Waals surface area contributed by atoms with Crippen LogP contribution in [0.2, 0.25) is 0 Å². The molecule has 0 aliphatic heterocycles. The fraction of sp³-hybridized carbons (Fsp3) is 0.647. The lowest BCUT2D eigenvalue weighted by Crippen LogP contribution is -2.25. The van der Waals surface area contributed by atoms with E-state index in [9.17, 15) is 0 Å². The van der Waals surface area contributed by atoms with E-state index in [0.717, 1.165) is 18.7 Å². The van der Waals surface area contributed by atoms with Crippen molar-refractivity contribution in [3.8, 4) is 5.75 Å². The van der Waals surface area contributed by atoms with E-state index in [4.69, 9.17) is 4.74 Å². The molecule has 0 heterocycles. The summed E-state index contributed by atoms with van der Waals surface area (Å²) in [5, 5.41) is 3.45. The minimum atomic E-state index is 0.458.